The maximum atomic E-state index is 15.7. The Morgan fingerprint density at radius 2 is 0.494 bits per heavy atom. The summed E-state index contributed by atoms with van der Waals surface area (Å²) in [6.07, 6.45) is -30.4. The van der Waals surface area contributed by atoms with E-state index in [0.717, 1.165) is 4.90 Å². The van der Waals surface area contributed by atoms with Crippen LogP contribution in [-0.4, -0.2) is 237 Å². The molecule has 1 heterocycles. The molecule has 468 valence electrons. The predicted octanol–water partition coefficient (Wildman–Crippen LogP) is 8.99. The van der Waals surface area contributed by atoms with Gasteiger partial charge in [0.1, 0.15) is 0 Å². The molecule has 2 unspecified atom stereocenters. The van der Waals surface area contributed by atoms with Crippen LogP contribution in [0.2, 0.25) is 0 Å². The van der Waals surface area contributed by atoms with E-state index >= 15 is 26.3 Å². The Morgan fingerprint density at radius 3 is 0.709 bits per heavy atom. The lowest BCUT2D eigenvalue weighted by Crippen LogP contribution is -2.75. The van der Waals surface area contributed by atoms with E-state index in [1.807, 2.05) is 0 Å². The third kappa shape index (κ3) is 12.9. The first-order valence-electron chi connectivity index (χ1n) is 20.1. The average molecular weight is 1250 g/mol. The van der Waals surface area contributed by atoms with Crippen LogP contribution in [0.1, 0.15) is 12.8 Å². The van der Waals surface area contributed by atoms with E-state index in [0.29, 0.717) is 9.80 Å². The molecule has 1 aliphatic heterocycles. The molecule has 4 N–H and O–H groups in total. The first-order valence-corrected chi connectivity index (χ1v) is 20.1. The fraction of sp³-hybridized carbons (Fsp3) is 0.912. The van der Waals surface area contributed by atoms with Gasteiger partial charge in [0.05, 0.1) is 25.7 Å². The van der Waals surface area contributed by atoms with Crippen LogP contribution in [0.15, 0.2) is 0 Å². The van der Waals surface area contributed by atoms with Crippen molar-refractivity contribution in [1.82, 2.24) is 19.6 Å². The topological polar surface area (TPSA) is 145 Å². The molecule has 0 aromatic rings. The van der Waals surface area contributed by atoms with Gasteiger partial charge in [0, 0.05) is 71.2 Å². The molecule has 0 aliphatic carbocycles. The first kappa shape index (κ1) is 72.8. The number of halogens is 34. The van der Waals surface area contributed by atoms with E-state index in [1.165, 1.54) is 0 Å². The summed E-state index contributed by atoms with van der Waals surface area (Å²) in [5.41, 5.74) is 0. The van der Waals surface area contributed by atoms with E-state index < -0.39 is 215 Å². The van der Waals surface area contributed by atoms with Crippen molar-refractivity contribution in [3.63, 3.8) is 0 Å². The molecule has 0 saturated carbocycles. The SMILES string of the molecule is O=C(O)CN1CCN(CC(=O)O)CCN(C(CC(F)(F)C(F)(F)C(F)(F)C(F)(F)C(F)(F)C(F)(F)C(F)(F)C(F)(F)F)C(O)CC(F)(F)C(F)(F)C(F)(F)C(F)(F)C(F)(F)C(F)(F)C(F)(F)C(F)(F)F)CCN(CC(=O)O)CC1. The molecular weight excluding hydrogens is 1220 g/mol. The van der Waals surface area contributed by atoms with E-state index in [2.05, 4.69) is 0 Å². The van der Waals surface area contributed by atoms with Crippen LogP contribution < -0.4 is 0 Å². The second-order valence-corrected chi connectivity index (χ2v) is 16.9. The molecule has 0 radical (unpaired) electrons. The van der Waals surface area contributed by atoms with Crippen LogP contribution in [0.3, 0.4) is 0 Å². The molecule has 0 spiro atoms. The van der Waals surface area contributed by atoms with E-state index in [-0.39, 0.29) is 0 Å². The van der Waals surface area contributed by atoms with Crippen LogP contribution in [0, 0.1) is 0 Å². The maximum Gasteiger partial charge on any atom is 0.460 e. The molecule has 0 bridgehead atoms. The smallest absolute Gasteiger partial charge is 0.460 e. The molecule has 11 nitrogen and oxygen atoms in total. The summed E-state index contributed by atoms with van der Waals surface area (Å²) in [4.78, 5) is 35.3. The summed E-state index contributed by atoms with van der Waals surface area (Å²) in [6, 6.07) is -4.56. The van der Waals surface area contributed by atoms with Crippen molar-refractivity contribution in [1.29, 1.82) is 0 Å². The number of aliphatic carboxylic acids is 3. The largest absolute Gasteiger partial charge is 0.480 e. The van der Waals surface area contributed by atoms with Crippen LogP contribution >= 0.6 is 0 Å². The lowest BCUT2D eigenvalue weighted by molar-refractivity contribution is -0.462. The molecule has 2 atom stereocenters. The number of rotatable bonds is 24. The minimum atomic E-state index is -9.45. The van der Waals surface area contributed by atoms with Gasteiger partial charge in [-0.05, 0) is 0 Å². The zero-order chi connectivity index (χ0) is 63.4. The van der Waals surface area contributed by atoms with E-state index in [4.69, 9.17) is 0 Å². The van der Waals surface area contributed by atoms with Gasteiger partial charge in [-0.2, -0.15) is 149 Å². The molecule has 45 heteroatoms. The van der Waals surface area contributed by atoms with Gasteiger partial charge in [-0.15, -0.1) is 0 Å². The molecule has 0 aromatic carbocycles. The number of aliphatic hydroxyl groups is 1. The number of carboxylic acids is 3. The van der Waals surface area contributed by atoms with E-state index in [9.17, 15) is 158 Å². The Morgan fingerprint density at radius 1 is 0.304 bits per heavy atom. The summed E-state index contributed by atoms with van der Waals surface area (Å²) in [5, 5.41) is 38.5. The van der Waals surface area contributed by atoms with E-state index in [1.54, 1.807) is 0 Å². The second-order valence-electron chi connectivity index (χ2n) is 16.9. The van der Waals surface area contributed by atoms with Crippen LogP contribution in [0.25, 0.3) is 0 Å². The van der Waals surface area contributed by atoms with Gasteiger partial charge in [-0.3, -0.25) is 34.0 Å². The van der Waals surface area contributed by atoms with Crippen molar-refractivity contribution < 1.29 is 184 Å². The van der Waals surface area contributed by atoms with Crippen molar-refractivity contribution >= 4 is 17.9 Å². The molecule has 1 saturated heterocycles. The number of carboxylic acid groups (broad SMARTS) is 3. The molecular formula is C34H32F34N4O7. The fourth-order valence-electron chi connectivity index (χ4n) is 6.75. The van der Waals surface area contributed by atoms with Crippen molar-refractivity contribution in [2.24, 2.45) is 0 Å². The van der Waals surface area contributed by atoms with Crippen LogP contribution in [0.4, 0.5) is 149 Å². The number of hydrogen-bond acceptors (Lipinski definition) is 8. The highest BCUT2D eigenvalue weighted by Gasteiger charge is 2.97. The Balaban J connectivity index is 4.45. The van der Waals surface area contributed by atoms with Crippen molar-refractivity contribution in [3.05, 3.63) is 0 Å². The maximum absolute atomic E-state index is 15.7. The predicted molar refractivity (Wildman–Crippen MR) is 184 cm³/mol. The number of nitrogens with zero attached hydrogens (tertiary/aromatic N) is 4. The lowest BCUT2D eigenvalue weighted by Gasteiger charge is -2.45. The standard InChI is InChI=1S/C34H32F34N4O7/c35-19(36,21(39,40)23(43,44)25(47,48)27(51,52)29(55,56)31(59,60)33(63,64)65)9-14(72-7-5-70(12-17(76)77)3-1-69(11-16(74)75)2-4-71(6-8-72)13-18(78)79)15(73)10-20(37,38)22(41,42)24(45,46)26(49,50)28(53,54)30(57,58)32(61,62)34(66,67)68/h14-15,73H,1-13H2,(H,74,75)(H,76,77)(H,78,79). The summed E-state index contributed by atoms with van der Waals surface area (Å²) >= 11 is 0. The summed E-state index contributed by atoms with van der Waals surface area (Å²) in [5.74, 6) is -132. The van der Waals surface area contributed by atoms with Gasteiger partial charge in [0.25, 0.3) is 0 Å². The Hall–Kier alpha value is -4.17. The lowest BCUT2D eigenvalue weighted by atomic mass is 9.84. The molecule has 1 rings (SSSR count). The third-order valence-electron chi connectivity index (χ3n) is 11.4. The van der Waals surface area contributed by atoms with Gasteiger partial charge in [0.2, 0.25) is 0 Å². The normalized spacial score (nSPS) is 19.2. The van der Waals surface area contributed by atoms with Crippen LogP contribution in [0.5, 0.6) is 0 Å². The third-order valence-corrected chi connectivity index (χ3v) is 11.4. The number of hydrogen-bond donors (Lipinski definition) is 4. The zero-order valence-electron chi connectivity index (χ0n) is 37.5. The molecule has 0 amide bonds. The van der Waals surface area contributed by atoms with Gasteiger partial charge in [0.15, 0.2) is 0 Å². The highest BCUT2D eigenvalue weighted by atomic mass is 19.4. The minimum absolute atomic E-state index is 0.342. The van der Waals surface area contributed by atoms with Gasteiger partial charge < -0.3 is 20.4 Å². The highest BCUT2D eigenvalue weighted by Crippen LogP contribution is 2.66. The average Bonchev–Trinajstić information content (AvgIpc) is 3.23. The van der Waals surface area contributed by atoms with Crippen molar-refractivity contribution in [3.8, 4) is 0 Å². The molecule has 1 aliphatic rings. The zero-order valence-corrected chi connectivity index (χ0v) is 37.5. The number of carbonyl (C=O) groups is 3. The Bertz CT molecular complexity index is 2090. The molecule has 0 aromatic heterocycles. The summed E-state index contributed by atoms with van der Waals surface area (Å²) in [7, 11) is 0. The van der Waals surface area contributed by atoms with Crippen molar-refractivity contribution in [2.45, 2.75) is 120 Å². The Labute approximate surface area is 414 Å². The van der Waals surface area contributed by atoms with Crippen molar-refractivity contribution in [2.75, 3.05) is 72.0 Å². The Kier molecular flexibility index (Phi) is 20.8. The fourth-order valence-corrected chi connectivity index (χ4v) is 6.75. The first-order chi connectivity index (χ1) is 34.4. The van der Waals surface area contributed by atoms with Crippen LogP contribution in [-0.2, 0) is 14.4 Å². The number of alkyl halides is 34. The minimum Gasteiger partial charge on any atom is -0.480 e. The monoisotopic (exact) mass is 1250 g/mol. The second kappa shape index (κ2) is 22.5. The summed E-state index contributed by atoms with van der Waals surface area (Å²) < 4.78 is 480. The van der Waals surface area contributed by atoms with Gasteiger partial charge in [-0.1, -0.05) is 0 Å². The summed E-state index contributed by atoms with van der Waals surface area (Å²) in [6.45, 7) is -14.6. The highest BCUT2D eigenvalue weighted by molar-refractivity contribution is 5.70. The van der Waals surface area contributed by atoms with Gasteiger partial charge >= 0.3 is 113 Å². The number of aliphatic hydroxyl groups excluding tert-OH is 1. The molecule has 1 fully saturated rings. The van der Waals surface area contributed by atoms with Gasteiger partial charge in [-0.25, -0.2) is 0 Å². The quantitative estimate of drug-likeness (QED) is 0.0688. The molecule has 79 heavy (non-hydrogen) atoms.